The molecule has 0 N–H and O–H groups in total. The van der Waals surface area contributed by atoms with Crippen molar-refractivity contribution in [3.8, 4) is 0 Å². The molecule has 1 saturated heterocycles. The first-order valence-electron chi connectivity index (χ1n) is 9.52. The van der Waals surface area contributed by atoms with Crippen molar-refractivity contribution in [2.45, 2.75) is 13.5 Å². The van der Waals surface area contributed by atoms with E-state index in [1.807, 2.05) is 25.1 Å². The number of halogens is 1. The molecule has 1 aliphatic rings. The number of carbonyl (C=O) groups is 1. The van der Waals surface area contributed by atoms with Crippen LogP contribution in [0.25, 0.3) is 0 Å². The van der Waals surface area contributed by atoms with Gasteiger partial charge in [0.05, 0.1) is 11.9 Å². The highest BCUT2D eigenvalue weighted by atomic mass is 35.5. The number of anilines is 1. The molecule has 0 saturated carbocycles. The molecular weight excluding hydrogens is 410 g/mol. The monoisotopic (exact) mass is 435 g/mol. The SMILES string of the molecule is Cc1ccc(N(CC(=O)N2CCN(Cc3ccccc3)CC2)S(C)(=O)=O)cc1Cl. The van der Waals surface area contributed by atoms with Crippen LogP contribution >= 0.6 is 11.6 Å². The lowest BCUT2D eigenvalue weighted by Gasteiger charge is -2.35. The van der Waals surface area contributed by atoms with E-state index in [2.05, 4.69) is 17.0 Å². The average Bonchev–Trinajstić information content (AvgIpc) is 2.69. The Balaban J connectivity index is 1.62. The molecular formula is C21H26ClN3O3S. The Labute approximate surface area is 177 Å². The quantitative estimate of drug-likeness (QED) is 0.700. The van der Waals surface area contributed by atoms with E-state index in [1.54, 1.807) is 23.1 Å². The van der Waals surface area contributed by atoms with Crippen LogP contribution in [-0.4, -0.2) is 63.1 Å². The van der Waals surface area contributed by atoms with Crippen molar-refractivity contribution >= 4 is 33.2 Å². The molecule has 0 aromatic heterocycles. The first-order valence-corrected chi connectivity index (χ1v) is 11.7. The third kappa shape index (κ3) is 5.72. The van der Waals surface area contributed by atoms with Crippen LogP contribution in [0.2, 0.25) is 5.02 Å². The lowest BCUT2D eigenvalue weighted by atomic mass is 10.2. The van der Waals surface area contributed by atoms with E-state index in [1.165, 1.54) is 5.56 Å². The van der Waals surface area contributed by atoms with Crippen LogP contribution in [0.15, 0.2) is 48.5 Å². The number of carbonyl (C=O) groups excluding carboxylic acids is 1. The highest BCUT2D eigenvalue weighted by molar-refractivity contribution is 7.92. The molecule has 0 atom stereocenters. The van der Waals surface area contributed by atoms with Crippen LogP contribution < -0.4 is 4.31 Å². The highest BCUT2D eigenvalue weighted by Gasteiger charge is 2.26. The topological polar surface area (TPSA) is 60.9 Å². The summed E-state index contributed by atoms with van der Waals surface area (Å²) in [5.74, 6) is -0.202. The molecule has 0 aliphatic carbocycles. The molecule has 0 radical (unpaired) electrons. The Kier molecular flexibility index (Phi) is 6.82. The van der Waals surface area contributed by atoms with E-state index < -0.39 is 10.0 Å². The second-order valence-electron chi connectivity index (χ2n) is 7.35. The van der Waals surface area contributed by atoms with Gasteiger partial charge in [0.15, 0.2) is 0 Å². The molecule has 1 fully saturated rings. The molecule has 0 unspecified atom stereocenters. The predicted octanol–water partition coefficient (Wildman–Crippen LogP) is 2.76. The highest BCUT2D eigenvalue weighted by Crippen LogP contribution is 2.25. The number of benzene rings is 2. The summed E-state index contributed by atoms with van der Waals surface area (Å²) in [7, 11) is -3.62. The van der Waals surface area contributed by atoms with Gasteiger partial charge in [-0.1, -0.05) is 48.0 Å². The fourth-order valence-electron chi connectivity index (χ4n) is 3.36. The Morgan fingerprint density at radius 1 is 1.07 bits per heavy atom. The van der Waals surface area contributed by atoms with Crippen molar-refractivity contribution in [1.29, 1.82) is 0 Å². The summed E-state index contributed by atoms with van der Waals surface area (Å²) in [5, 5.41) is 0.470. The van der Waals surface area contributed by atoms with Crippen LogP contribution in [0.5, 0.6) is 0 Å². The maximum Gasteiger partial charge on any atom is 0.243 e. The van der Waals surface area contributed by atoms with Gasteiger partial charge in [-0.05, 0) is 30.2 Å². The van der Waals surface area contributed by atoms with Gasteiger partial charge in [0.25, 0.3) is 0 Å². The summed E-state index contributed by atoms with van der Waals surface area (Å²) < 4.78 is 25.7. The van der Waals surface area contributed by atoms with Gasteiger partial charge in [-0.15, -0.1) is 0 Å². The molecule has 156 valence electrons. The number of sulfonamides is 1. The van der Waals surface area contributed by atoms with Crippen LogP contribution in [0.1, 0.15) is 11.1 Å². The lowest BCUT2D eigenvalue weighted by Crippen LogP contribution is -2.51. The summed E-state index contributed by atoms with van der Waals surface area (Å²) >= 11 is 6.15. The molecule has 8 heteroatoms. The Morgan fingerprint density at radius 3 is 2.31 bits per heavy atom. The number of piperazine rings is 1. The van der Waals surface area contributed by atoms with Crippen molar-refractivity contribution < 1.29 is 13.2 Å². The van der Waals surface area contributed by atoms with Crippen molar-refractivity contribution in [2.75, 3.05) is 43.3 Å². The molecule has 1 heterocycles. The minimum absolute atomic E-state index is 0.202. The zero-order valence-corrected chi connectivity index (χ0v) is 18.3. The van der Waals surface area contributed by atoms with Gasteiger partial charge < -0.3 is 4.90 Å². The molecule has 3 rings (SSSR count). The molecule has 2 aromatic carbocycles. The van der Waals surface area contributed by atoms with Gasteiger partial charge in [-0.3, -0.25) is 14.0 Å². The fourth-order valence-corrected chi connectivity index (χ4v) is 4.37. The number of aryl methyl sites for hydroxylation is 1. The summed E-state index contributed by atoms with van der Waals surface area (Å²) in [6.45, 7) is 5.15. The standard InChI is InChI=1S/C21H26ClN3O3S/c1-17-8-9-19(14-20(17)22)25(29(2,27)28)16-21(26)24-12-10-23(11-13-24)15-18-6-4-3-5-7-18/h3-9,14H,10-13,15-16H2,1-2H3. The van der Waals surface area contributed by atoms with E-state index in [9.17, 15) is 13.2 Å². The molecule has 0 bridgehead atoms. The van der Waals surface area contributed by atoms with E-state index in [0.717, 1.165) is 35.8 Å². The molecule has 6 nitrogen and oxygen atoms in total. The van der Waals surface area contributed by atoms with E-state index in [0.29, 0.717) is 23.8 Å². The smallest absolute Gasteiger partial charge is 0.243 e. The summed E-state index contributed by atoms with van der Waals surface area (Å²) in [5.41, 5.74) is 2.50. The Hall–Kier alpha value is -2.09. The normalized spacial score (nSPS) is 15.3. The van der Waals surface area contributed by atoms with Crippen LogP contribution in [0.4, 0.5) is 5.69 Å². The maximum atomic E-state index is 12.8. The number of amides is 1. The number of nitrogens with zero attached hydrogens (tertiary/aromatic N) is 3. The number of hydrogen-bond acceptors (Lipinski definition) is 4. The van der Waals surface area contributed by atoms with Gasteiger partial charge in [-0.2, -0.15) is 0 Å². The first-order chi connectivity index (χ1) is 13.7. The number of rotatable bonds is 6. The van der Waals surface area contributed by atoms with Crippen LogP contribution in [-0.2, 0) is 21.4 Å². The molecule has 0 spiro atoms. The summed E-state index contributed by atoms with van der Waals surface area (Å²) in [6.07, 6.45) is 1.10. The van der Waals surface area contributed by atoms with Crippen molar-refractivity contribution in [3.63, 3.8) is 0 Å². The van der Waals surface area contributed by atoms with E-state index in [4.69, 9.17) is 11.6 Å². The Morgan fingerprint density at radius 2 is 1.72 bits per heavy atom. The van der Waals surface area contributed by atoms with Gasteiger partial charge in [0.2, 0.25) is 15.9 Å². The summed E-state index contributed by atoms with van der Waals surface area (Å²) in [6, 6.07) is 15.2. The predicted molar refractivity (Wildman–Crippen MR) is 117 cm³/mol. The van der Waals surface area contributed by atoms with Gasteiger partial charge in [0.1, 0.15) is 6.54 Å². The van der Waals surface area contributed by atoms with Gasteiger partial charge in [-0.25, -0.2) is 8.42 Å². The zero-order valence-electron chi connectivity index (χ0n) is 16.7. The Bertz CT molecular complexity index is 958. The molecule has 1 amide bonds. The lowest BCUT2D eigenvalue weighted by molar-refractivity contribution is -0.131. The molecule has 29 heavy (non-hydrogen) atoms. The van der Waals surface area contributed by atoms with Crippen molar-refractivity contribution in [2.24, 2.45) is 0 Å². The van der Waals surface area contributed by atoms with Gasteiger partial charge in [0, 0.05) is 37.7 Å². The van der Waals surface area contributed by atoms with Crippen molar-refractivity contribution in [3.05, 3.63) is 64.7 Å². The minimum Gasteiger partial charge on any atom is -0.339 e. The summed E-state index contributed by atoms with van der Waals surface area (Å²) in [4.78, 5) is 16.8. The molecule has 1 aliphatic heterocycles. The second kappa shape index (κ2) is 9.15. The van der Waals surface area contributed by atoms with Crippen molar-refractivity contribution in [1.82, 2.24) is 9.80 Å². The van der Waals surface area contributed by atoms with E-state index in [-0.39, 0.29) is 12.5 Å². The molecule has 2 aromatic rings. The zero-order chi connectivity index (χ0) is 21.0. The van der Waals surface area contributed by atoms with Crippen LogP contribution in [0.3, 0.4) is 0 Å². The van der Waals surface area contributed by atoms with Gasteiger partial charge >= 0.3 is 0 Å². The third-order valence-electron chi connectivity index (χ3n) is 5.10. The second-order valence-corrected chi connectivity index (χ2v) is 9.66. The minimum atomic E-state index is -3.62. The largest absolute Gasteiger partial charge is 0.339 e. The average molecular weight is 436 g/mol. The maximum absolute atomic E-state index is 12.8. The number of hydrogen-bond donors (Lipinski definition) is 0. The first kappa shape index (κ1) is 21.6. The van der Waals surface area contributed by atoms with E-state index >= 15 is 0 Å². The fraction of sp³-hybridized carbons (Fsp3) is 0.381. The third-order valence-corrected chi connectivity index (χ3v) is 6.64. The van der Waals surface area contributed by atoms with Crippen LogP contribution in [0, 0.1) is 6.92 Å².